The van der Waals surface area contributed by atoms with Crippen LogP contribution in [0.25, 0.3) is 0 Å². The van der Waals surface area contributed by atoms with Gasteiger partial charge in [-0.05, 0) is 41.9 Å². The number of aldehydes is 1. The fourth-order valence-corrected chi connectivity index (χ4v) is 2.32. The second kappa shape index (κ2) is 5.57. The molecule has 1 heterocycles. The van der Waals surface area contributed by atoms with Gasteiger partial charge in [-0.25, -0.2) is 0 Å². The predicted molar refractivity (Wildman–Crippen MR) is 76.5 cm³/mol. The van der Waals surface area contributed by atoms with Crippen molar-refractivity contribution in [3.63, 3.8) is 0 Å². The van der Waals surface area contributed by atoms with Crippen LogP contribution < -0.4 is 4.74 Å². The number of halogens is 1. The maximum Gasteiger partial charge on any atom is 0.153 e. The van der Waals surface area contributed by atoms with E-state index < -0.39 is 0 Å². The van der Waals surface area contributed by atoms with E-state index >= 15 is 0 Å². The predicted octanol–water partition coefficient (Wildman–Crippen LogP) is 3.19. The molecule has 2 rings (SSSR count). The lowest BCUT2D eigenvalue weighted by Gasteiger charge is -2.09. The maximum absolute atomic E-state index is 11.0. The zero-order chi connectivity index (χ0) is 14.0. The van der Waals surface area contributed by atoms with Crippen molar-refractivity contribution in [2.24, 2.45) is 7.05 Å². The zero-order valence-corrected chi connectivity index (χ0v) is 12.7. The first-order valence-electron chi connectivity index (χ1n) is 5.89. The van der Waals surface area contributed by atoms with Crippen molar-refractivity contribution in [2.45, 2.75) is 20.5 Å². The van der Waals surface area contributed by atoms with Crippen LogP contribution in [0.1, 0.15) is 27.3 Å². The molecule has 0 aliphatic heterocycles. The molecular weight excluding hydrogens is 308 g/mol. The molecular formula is C14H15BrN2O2. The van der Waals surface area contributed by atoms with Gasteiger partial charge in [-0.2, -0.15) is 5.10 Å². The Bertz CT molecular complexity index is 620. The first kappa shape index (κ1) is 13.8. The third-order valence-electron chi connectivity index (χ3n) is 2.92. The van der Waals surface area contributed by atoms with Gasteiger partial charge in [0.2, 0.25) is 0 Å². The molecule has 0 saturated heterocycles. The molecule has 1 aromatic heterocycles. The van der Waals surface area contributed by atoms with Crippen molar-refractivity contribution in [3.8, 4) is 5.75 Å². The number of aryl methyl sites for hydroxylation is 3. The van der Waals surface area contributed by atoms with E-state index in [2.05, 4.69) is 21.0 Å². The molecule has 1 aromatic carbocycles. The monoisotopic (exact) mass is 322 g/mol. The molecule has 0 aliphatic carbocycles. The molecule has 0 N–H and O–H groups in total. The Labute approximate surface area is 120 Å². The van der Waals surface area contributed by atoms with Crippen molar-refractivity contribution in [2.75, 3.05) is 0 Å². The van der Waals surface area contributed by atoms with E-state index in [9.17, 15) is 4.79 Å². The molecule has 0 unspecified atom stereocenters. The Hall–Kier alpha value is -1.62. The van der Waals surface area contributed by atoms with E-state index in [-0.39, 0.29) is 0 Å². The van der Waals surface area contributed by atoms with Crippen molar-refractivity contribution in [1.82, 2.24) is 9.78 Å². The molecule has 0 amide bonds. The van der Waals surface area contributed by atoms with E-state index in [0.29, 0.717) is 17.9 Å². The highest BCUT2D eigenvalue weighted by atomic mass is 79.9. The summed E-state index contributed by atoms with van der Waals surface area (Å²) >= 11 is 3.49. The third kappa shape index (κ3) is 2.87. The highest BCUT2D eigenvalue weighted by molar-refractivity contribution is 9.10. The molecule has 4 nitrogen and oxygen atoms in total. The average Bonchev–Trinajstić information content (AvgIpc) is 2.62. The average molecular weight is 323 g/mol. The van der Waals surface area contributed by atoms with Gasteiger partial charge in [0.15, 0.2) is 6.29 Å². The van der Waals surface area contributed by atoms with Gasteiger partial charge in [0.1, 0.15) is 12.4 Å². The quantitative estimate of drug-likeness (QED) is 0.812. The second-order valence-corrected chi connectivity index (χ2v) is 5.21. The van der Waals surface area contributed by atoms with Crippen LogP contribution in [0, 0.1) is 13.8 Å². The summed E-state index contributed by atoms with van der Waals surface area (Å²) in [6.07, 6.45) is 0.811. The summed E-state index contributed by atoms with van der Waals surface area (Å²) in [5.41, 5.74) is 3.46. The molecule has 0 saturated carbocycles. The zero-order valence-electron chi connectivity index (χ0n) is 11.1. The first-order valence-corrected chi connectivity index (χ1v) is 6.69. The van der Waals surface area contributed by atoms with E-state index in [1.165, 1.54) is 0 Å². The van der Waals surface area contributed by atoms with Gasteiger partial charge >= 0.3 is 0 Å². The molecule has 5 heteroatoms. The number of benzene rings is 1. The molecule has 100 valence electrons. The smallest absolute Gasteiger partial charge is 0.153 e. The summed E-state index contributed by atoms with van der Waals surface area (Å²) in [7, 11) is 1.87. The Morgan fingerprint density at radius 2 is 2.16 bits per heavy atom. The summed E-state index contributed by atoms with van der Waals surface area (Å²) in [6, 6.07) is 5.55. The van der Waals surface area contributed by atoms with Crippen molar-refractivity contribution in [1.29, 1.82) is 0 Å². The van der Waals surface area contributed by atoms with E-state index in [1.54, 1.807) is 4.68 Å². The SMILES string of the molecule is Cc1ccc(OCc2c(Br)c(C)nn2C)c(C=O)c1. The number of ether oxygens (including phenoxy) is 1. The topological polar surface area (TPSA) is 44.1 Å². The van der Waals surface area contributed by atoms with Gasteiger partial charge in [0.05, 0.1) is 21.4 Å². The van der Waals surface area contributed by atoms with Gasteiger partial charge < -0.3 is 4.74 Å². The van der Waals surface area contributed by atoms with Crippen molar-refractivity contribution in [3.05, 3.63) is 45.2 Å². The second-order valence-electron chi connectivity index (χ2n) is 4.42. The van der Waals surface area contributed by atoms with Gasteiger partial charge in [-0.15, -0.1) is 0 Å². The van der Waals surface area contributed by atoms with Crippen molar-refractivity contribution >= 4 is 22.2 Å². The largest absolute Gasteiger partial charge is 0.487 e. The van der Waals surface area contributed by atoms with Gasteiger partial charge in [0.25, 0.3) is 0 Å². The Morgan fingerprint density at radius 1 is 1.42 bits per heavy atom. The summed E-state index contributed by atoms with van der Waals surface area (Å²) < 4.78 is 8.43. The van der Waals surface area contributed by atoms with Gasteiger partial charge in [-0.3, -0.25) is 9.48 Å². The highest BCUT2D eigenvalue weighted by Gasteiger charge is 2.12. The van der Waals surface area contributed by atoms with Crippen LogP contribution in [0.15, 0.2) is 22.7 Å². The summed E-state index contributed by atoms with van der Waals surface area (Å²) in [6.45, 7) is 4.23. The van der Waals surface area contributed by atoms with E-state index in [0.717, 1.165) is 27.7 Å². The fraction of sp³-hybridized carbons (Fsp3) is 0.286. The maximum atomic E-state index is 11.0. The minimum atomic E-state index is 0.363. The van der Waals surface area contributed by atoms with Crippen LogP contribution >= 0.6 is 15.9 Å². The lowest BCUT2D eigenvalue weighted by molar-refractivity contribution is 0.111. The molecule has 2 aromatic rings. The molecule has 0 atom stereocenters. The van der Waals surface area contributed by atoms with Crippen LogP contribution in [-0.2, 0) is 13.7 Å². The number of rotatable bonds is 4. The van der Waals surface area contributed by atoms with Gasteiger partial charge in [0, 0.05) is 7.05 Å². The van der Waals surface area contributed by atoms with Crippen LogP contribution in [-0.4, -0.2) is 16.1 Å². The number of carbonyl (C=O) groups excluding carboxylic acids is 1. The number of carbonyl (C=O) groups is 1. The van der Waals surface area contributed by atoms with Crippen LogP contribution in [0.3, 0.4) is 0 Å². The normalized spacial score (nSPS) is 10.5. The van der Waals surface area contributed by atoms with Crippen molar-refractivity contribution < 1.29 is 9.53 Å². The fourth-order valence-electron chi connectivity index (χ4n) is 1.87. The highest BCUT2D eigenvalue weighted by Crippen LogP contribution is 2.24. The Morgan fingerprint density at radius 3 is 2.74 bits per heavy atom. The minimum Gasteiger partial charge on any atom is -0.487 e. The van der Waals surface area contributed by atoms with E-state index in [4.69, 9.17) is 4.74 Å². The molecule has 0 radical (unpaired) electrons. The minimum absolute atomic E-state index is 0.363. The molecule has 0 bridgehead atoms. The van der Waals surface area contributed by atoms with Crippen LogP contribution in [0.4, 0.5) is 0 Å². The van der Waals surface area contributed by atoms with Crippen LogP contribution in [0.2, 0.25) is 0 Å². The number of hydrogen-bond acceptors (Lipinski definition) is 3. The number of aromatic nitrogens is 2. The first-order chi connectivity index (χ1) is 9.02. The molecule has 0 spiro atoms. The summed E-state index contributed by atoms with van der Waals surface area (Å²) in [5.74, 6) is 0.589. The lowest BCUT2D eigenvalue weighted by Crippen LogP contribution is -2.05. The van der Waals surface area contributed by atoms with E-state index in [1.807, 2.05) is 39.1 Å². The standard InChI is InChI=1S/C14H15BrN2O2/c1-9-4-5-13(11(6-9)7-18)19-8-12-14(15)10(2)16-17(12)3/h4-7H,8H2,1-3H3. The van der Waals surface area contributed by atoms with Gasteiger partial charge in [-0.1, -0.05) is 11.6 Å². The Balaban J connectivity index is 2.21. The molecule has 19 heavy (non-hydrogen) atoms. The molecule has 0 fully saturated rings. The lowest BCUT2D eigenvalue weighted by atomic mass is 10.1. The Kier molecular flexibility index (Phi) is 4.04. The summed E-state index contributed by atoms with van der Waals surface area (Å²) in [5, 5.41) is 4.30. The van der Waals surface area contributed by atoms with Crippen LogP contribution in [0.5, 0.6) is 5.75 Å². The third-order valence-corrected chi connectivity index (χ3v) is 3.95. The molecule has 0 aliphatic rings. The number of nitrogens with zero attached hydrogens (tertiary/aromatic N) is 2. The summed E-state index contributed by atoms with van der Waals surface area (Å²) in [4.78, 5) is 11.0. The number of hydrogen-bond donors (Lipinski definition) is 0.